The molecular weight excluding hydrogens is 312 g/mol. The van der Waals surface area contributed by atoms with Crippen LogP contribution in [0, 0.1) is 0 Å². The minimum atomic E-state index is -1.56. The molecule has 4 N–H and O–H groups in total. The highest BCUT2D eigenvalue weighted by Crippen LogP contribution is 2.30. The van der Waals surface area contributed by atoms with Crippen molar-refractivity contribution < 1.29 is 39.6 Å². The fourth-order valence-electron chi connectivity index (χ4n) is 2.13. The van der Waals surface area contributed by atoms with E-state index in [1.807, 2.05) is 0 Å². The topological polar surface area (TPSA) is 167 Å². The first-order valence-corrected chi connectivity index (χ1v) is 6.63. The number of aliphatic carboxylic acids is 4. The number of carboxylic acids is 4. The van der Waals surface area contributed by atoms with Gasteiger partial charge < -0.3 is 20.4 Å². The molecule has 0 spiro atoms. The maximum atomic E-state index is 11.3. The van der Waals surface area contributed by atoms with Crippen molar-refractivity contribution in [1.29, 1.82) is 0 Å². The normalized spacial score (nSPS) is 13.3. The molecule has 10 heteroatoms. The summed E-state index contributed by atoms with van der Waals surface area (Å²) in [6.45, 7) is 1.95. The van der Waals surface area contributed by atoms with Crippen LogP contribution in [0.1, 0.15) is 42.9 Å². The first-order valence-electron chi connectivity index (χ1n) is 6.63. The molecule has 2 unspecified atom stereocenters. The third kappa shape index (κ3) is 4.53. The number of hydrogen-bond acceptors (Lipinski definition) is 5. The number of nitrogens with zero attached hydrogens (tertiary/aromatic N) is 2. The third-order valence-corrected chi connectivity index (χ3v) is 3.20. The number of carboxylic acid groups (broad SMARTS) is 4. The van der Waals surface area contributed by atoms with Gasteiger partial charge in [-0.05, 0) is 6.92 Å². The Morgan fingerprint density at radius 1 is 1.00 bits per heavy atom. The molecule has 0 aliphatic heterocycles. The minimum absolute atomic E-state index is 0.101. The van der Waals surface area contributed by atoms with Crippen LogP contribution in [0.2, 0.25) is 0 Å². The SMILES string of the molecule is CCn1cc(C(CC(=O)O)C(=O)O)c(C(CC(=O)O)C(=O)O)n1. The predicted molar refractivity (Wildman–Crippen MR) is 73.2 cm³/mol. The lowest BCUT2D eigenvalue weighted by molar-refractivity contribution is -0.146. The molecule has 0 aliphatic rings. The molecule has 126 valence electrons. The van der Waals surface area contributed by atoms with Crippen molar-refractivity contribution >= 4 is 23.9 Å². The van der Waals surface area contributed by atoms with Gasteiger partial charge in [-0.1, -0.05) is 0 Å². The van der Waals surface area contributed by atoms with Gasteiger partial charge in [-0.15, -0.1) is 0 Å². The van der Waals surface area contributed by atoms with Crippen LogP contribution in [0.5, 0.6) is 0 Å². The molecule has 0 bridgehead atoms. The molecule has 0 aliphatic carbocycles. The Balaban J connectivity index is 3.43. The van der Waals surface area contributed by atoms with Gasteiger partial charge in [0.2, 0.25) is 0 Å². The van der Waals surface area contributed by atoms with Crippen molar-refractivity contribution in [3.8, 4) is 0 Å². The Labute approximate surface area is 130 Å². The summed E-state index contributed by atoms with van der Waals surface area (Å²) in [7, 11) is 0. The van der Waals surface area contributed by atoms with Crippen molar-refractivity contribution in [3.63, 3.8) is 0 Å². The van der Waals surface area contributed by atoms with Gasteiger partial charge >= 0.3 is 23.9 Å². The summed E-state index contributed by atoms with van der Waals surface area (Å²) in [6, 6.07) is 0. The van der Waals surface area contributed by atoms with Crippen molar-refractivity contribution in [3.05, 3.63) is 17.5 Å². The van der Waals surface area contributed by atoms with Crippen LogP contribution in [-0.4, -0.2) is 54.1 Å². The molecule has 0 radical (unpaired) electrons. The number of aryl methyl sites for hydroxylation is 1. The molecule has 0 aromatic carbocycles. The maximum Gasteiger partial charge on any atom is 0.313 e. The van der Waals surface area contributed by atoms with Crippen LogP contribution >= 0.6 is 0 Å². The van der Waals surface area contributed by atoms with Crippen LogP contribution in [0.4, 0.5) is 0 Å². The number of aromatic nitrogens is 2. The lowest BCUT2D eigenvalue weighted by atomic mass is 9.90. The molecule has 1 heterocycles. The Hall–Kier alpha value is -2.91. The first kappa shape index (κ1) is 18.1. The Morgan fingerprint density at radius 3 is 1.87 bits per heavy atom. The van der Waals surface area contributed by atoms with Gasteiger partial charge in [0.25, 0.3) is 0 Å². The van der Waals surface area contributed by atoms with Gasteiger partial charge in [-0.3, -0.25) is 23.9 Å². The van der Waals surface area contributed by atoms with Gasteiger partial charge in [0, 0.05) is 18.3 Å². The van der Waals surface area contributed by atoms with Crippen LogP contribution in [0.15, 0.2) is 6.20 Å². The van der Waals surface area contributed by atoms with E-state index in [9.17, 15) is 29.4 Å². The lowest BCUT2D eigenvalue weighted by Crippen LogP contribution is -2.22. The summed E-state index contributed by atoms with van der Waals surface area (Å²) in [6.07, 6.45) is -0.311. The van der Waals surface area contributed by atoms with E-state index in [2.05, 4.69) is 5.10 Å². The van der Waals surface area contributed by atoms with Gasteiger partial charge in [-0.2, -0.15) is 5.10 Å². The van der Waals surface area contributed by atoms with Gasteiger partial charge in [-0.25, -0.2) is 0 Å². The molecule has 23 heavy (non-hydrogen) atoms. The largest absolute Gasteiger partial charge is 0.481 e. The molecule has 0 amide bonds. The molecule has 1 aromatic heterocycles. The average molecular weight is 328 g/mol. The fraction of sp³-hybridized carbons (Fsp3) is 0.462. The molecule has 10 nitrogen and oxygen atoms in total. The van der Waals surface area contributed by atoms with Crippen LogP contribution < -0.4 is 0 Å². The van der Waals surface area contributed by atoms with E-state index in [1.54, 1.807) is 6.92 Å². The highest BCUT2D eigenvalue weighted by molar-refractivity contribution is 5.85. The molecule has 0 saturated carbocycles. The fourth-order valence-corrected chi connectivity index (χ4v) is 2.13. The van der Waals surface area contributed by atoms with E-state index in [-0.39, 0.29) is 17.8 Å². The zero-order chi connectivity index (χ0) is 17.7. The number of rotatable bonds is 9. The zero-order valence-electron chi connectivity index (χ0n) is 12.2. The number of carbonyl (C=O) groups is 4. The smallest absolute Gasteiger partial charge is 0.313 e. The van der Waals surface area contributed by atoms with E-state index in [0.717, 1.165) is 0 Å². The van der Waals surface area contributed by atoms with Crippen LogP contribution in [0.25, 0.3) is 0 Å². The van der Waals surface area contributed by atoms with Gasteiger partial charge in [0.1, 0.15) is 5.92 Å². The second-order valence-electron chi connectivity index (χ2n) is 4.80. The Kier molecular flexibility index (Phi) is 5.82. The van der Waals surface area contributed by atoms with E-state index in [0.29, 0.717) is 0 Å². The molecule has 2 atom stereocenters. The molecule has 1 rings (SSSR count). The van der Waals surface area contributed by atoms with E-state index < -0.39 is 48.6 Å². The van der Waals surface area contributed by atoms with Gasteiger partial charge in [0.15, 0.2) is 0 Å². The van der Waals surface area contributed by atoms with Crippen LogP contribution in [-0.2, 0) is 25.7 Å². The monoisotopic (exact) mass is 328 g/mol. The van der Waals surface area contributed by atoms with Crippen molar-refractivity contribution in [2.75, 3.05) is 0 Å². The standard InChI is InChI=1S/C13H16N2O8/c1-2-15-5-8(6(12(20)21)3-9(16)17)11(14-15)7(13(22)23)4-10(18)19/h5-7H,2-4H2,1H3,(H,16,17)(H,18,19)(H,20,21)(H,22,23). The average Bonchev–Trinajstić information content (AvgIpc) is 2.84. The van der Waals surface area contributed by atoms with Crippen molar-refractivity contribution in [2.45, 2.75) is 38.1 Å². The van der Waals surface area contributed by atoms with Crippen molar-refractivity contribution in [1.82, 2.24) is 9.78 Å². The highest BCUT2D eigenvalue weighted by Gasteiger charge is 2.34. The quantitative estimate of drug-likeness (QED) is 0.494. The molecule has 0 saturated heterocycles. The van der Waals surface area contributed by atoms with Crippen LogP contribution in [0.3, 0.4) is 0 Å². The summed E-state index contributed by atoms with van der Waals surface area (Å²) in [5.74, 6) is -8.78. The minimum Gasteiger partial charge on any atom is -0.481 e. The Morgan fingerprint density at radius 2 is 1.48 bits per heavy atom. The summed E-state index contributed by atoms with van der Waals surface area (Å²) < 4.78 is 1.25. The van der Waals surface area contributed by atoms with Crippen molar-refractivity contribution in [2.24, 2.45) is 0 Å². The lowest BCUT2D eigenvalue weighted by Gasteiger charge is -2.13. The third-order valence-electron chi connectivity index (χ3n) is 3.20. The summed E-state index contributed by atoms with van der Waals surface area (Å²) in [5.41, 5.74) is -0.342. The maximum absolute atomic E-state index is 11.3. The van der Waals surface area contributed by atoms with E-state index >= 15 is 0 Å². The van der Waals surface area contributed by atoms with E-state index in [1.165, 1.54) is 10.9 Å². The molecular formula is C13H16N2O8. The number of hydrogen-bond donors (Lipinski definition) is 4. The summed E-state index contributed by atoms with van der Waals surface area (Å²) >= 11 is 0. The first-order chi connectivity index (χ1) is 10.7. The highest BCUT2D eigenvalue weighted by atomic mass is 16.4. The summed E-state index contributed by atoms with van der Waals surface area (Å²) in [4.78, 5) is 44.4. The van der Waals surface area contributed by atoms with Gasteiger partial charge in [0.05, 0.1) is 24.5 Å². The molecule has 0 fully saturated rings. The molecule has 1 aromatic rings. The Bertz CT molecular complexity index is 584. The van der Waals surface area contributed by atoms with E-state index in [4.69, 9.17) is 10.2 Å². The predicted octanol–water partition coefficient (Wildman–Crippen LogP) is 0.189. The second-order valence-corrected chi connectivity index (χ2v) is 4.80. The second kappa shape index (κ2) is 7.38. The zero-order valence-corrected chi connectivity index (χ0v) is 12.2. The summed E-state index contributed by atoms with van der Waals surface area (Å²) in [5, 5.41) is 40.0.